The van der Waals surface area contributed by atoms with Crippen molar-refractivity contribution in [1.29, 1.82) is 0 Å². The first-order chi connectivity index (χ1) is 10.8. The number of hydrogen-bond donors (Lipinski definition) is 0. The molecule has 2 nitrogen and oxygen atoms in total. The lowest BCUT2D eigenvalue weighted by molar-refractivity contribution is -0.0264. The molecule has 0 amide bonds. The van der Waals surface area contributed by atoms with E-state index in [2.05, 4.69) is 52.2 Å². The van der Waals surface area contributed by atoms with Gasteiger partial charge in [-0.3, -0.25) is 0 Å². The molecule has 0 aromatic heterocycles. The van der Waals surface area contributed by atoms with Crippen molar-refractivity contribution in [3.8, 4) is 0 Å². The normalized spacial score (nSPS) is 25.3. The van der Waals surface area contributed by atoms with Crippen molar-refractivity contribution in [3.63, 3.8) is 0 Å². The van der Waals surface area contributed by atoms with Gasteiger partial charge in [-0.2, -0.15) is 0 Å². The largest absolute Gasteiger partial charge is 0.343 e. The zero-order chi connectivity index (χ0) is 17.3. The van der Waals surface area contributed by atoms with E-state index in [0.717, 1.165) is 12.8 Å². The van der Waals surface area contributed by atoms with Gasteiger partial charge < -0.3 is 9.47 Å². The van der Waals surface area contributed by atoms with Gasteiger partial charge in [0, 0.05) is 8.07 Å². The van der Waals surface area contributed by atoms with E-state index < -0.39 is 8.07 Å². The van der Waals surface area contributed by atoms with E-state index in [0.29, 0.717) is 0 Å². The standard InChI is InChI=1S/C20H38O2Si/c1-7-8-9-10-11-12-13-14-20-21-18(3)19(22-20)15-17(2)16-23(4,5)6/h13-14,18-20H,2,7-12,15-16H2,1,3-6H3/b14-13+/t18-,19-,20?/m0/s1. The van der Waals surface area contributed by atoms with Crippen molar-refractivity contribution in [2.24, 2.45) is 0 Å². The van der Waals surface area contributed by atoms with Gasteiger partial charge in [-0.15, -0.1) is 6.58 Å². The van der Waals surface area contributed by atoms with Crippen LogP contribution in [-0.2, 0) is 9.47 Å². The zero-order valence-electron chi connectivity index (χ0n) is 16.1. The molecule has 0 bridgehead atoms. The maximum atomic E-state index is 6.05. The lowest BCUT2D eigenvalue weighted by Gasteiger charge is -2.20. The Bertz CT molecular complexity index is 370. The van der Waals surface area contributed by atoms with Gasteiger partial charge >= 0.3 is 0 Å². The maximum Gasteiger partial charge on any atom is 0.177 e. The predicted octanol–water partition coefficient (Wildman–Crippen LogP) is 6.32. The summed E-state index contributed by atoms with van der Waals surface area (Å²) in [6, 6.07) is 1.18. The molecule has 0 spiro atoms. The molecule has 134 valence electrons. The van der Waals surface area contributed by atoms with Crippen LogP contribution in [0.15, 0.2) is 24.3 Å². The number of ether oxygens (including phenoxy) is 2. The fourth-order valence-corrected chi connectivity index (χ4v) is 4.74. The molecule has 1 fully saturated rings. The second kappa shape index (κ2) is 10.5. The van der Waals surface area contributed by atoms with Crippen LogP contribution in [0.3, 0.4) is 0 Å². The van der Waals surface area contributed by atoms with Crippen LogP contribution in [-0.4, -0.2) is 26.6 Å². The fraction of sp³-hybridized carbons (Fsp3) is 0.800. The van der Waals surface area contributed by atoms with Crippen LogP contribution < -0.4 is 0 Å². The van der Waals surface area contributed by atoms with E-state index >= 15 is 0 Å². The summed E-state index contributed by atoms with van der Waals surface area (Å²) in [4.78, 5) is 0. The molecule has 1 heterocycles. The number of allylic oxidation sites excluding steroid dienone is 1. The number of hydrogen-bond acceptors (Lipinski definition) is 2. The summed E-state index contributed by atoms with van der Waals surface area (Å²) < 4.78 is 12.0. The Morgan fingerprint density at radius 1 is 1.09 bits per heavy atom. The first-order valence-electron chi connectivity index (χ1n) is 9.46. The van der Waals surface area contributed by atoms with Crippen molar-refractivity contribution < 1.29 is 9.47 Å². The Hall–Kier alpha value is -0.383. The molecule has 1 rings (SSSR count). The molecule has 0 radical (unpaired) electrons. The van der Waals surface area contributed by atoms with E-state index in [1.54, 1.807) is 0 Å². The van der Waals surface area contributed by atoms with Gasteiger partial charge in [0.15, 0.2) is 6.29 Å². The van der Waals surface area contributed by atoms with Gasteiger partial charge in [0.05, 0.1) is 12.2 Å². The summed E-state index contributed by atoms with van der Waals surface area (Å²) in [5.74, 6) is 0. The van der Waals surface area contributed by atoms with E-state index in [-0.39, 0.29) is 18.5 Å². The molecule has 0 saturated carbocycles. The van der Waals surface area contributed by atoms with Gasteiger partial charge in [0.2, 0.25) is 0 Å². The second-order valence-electron chi connectivity index (χ2n) is 8.21. The highest BCUT2D eigenvalue weighted by molar-refractivity contribution is 6.76. The minimum atomic E-state index is -1.08. The lowest BCUT2D eigenvalue weighted by Crippen LogP contribution is -2.24. The van der Waals surface area contributed by atoms with E-state index in [9.17, 15) is 0 Å². The van der Waals surface area contributed by atoms with E-state index in [1.807, 2.05) is 0 Å². The Morgan fingerprint density at radius 3 is 2.43 bits per heavy atom. The monoisotopic (exact) mass is 338 g/mol. The minimum absolute atomic E-state index is 0.160. The minimum Gasteiger partial charge on any atom is -0.343 e. The lowest BCUT2D eigenvalue weighted by atomic mass is 10.1. The van der Waals surface area contributed by atoms with Crippen LogP contribution in [0.4, 0.5) is 0 Å². The highest BCUT2D eigenvalue weighted by atomic mass is 28.3. The van der Waals surface area contributed by atoms with Crippen molar-refractivity contribution in [3.05, 3.63) is 24.3 Å². The maximum absolute atomic E-state index is 6.05. The molecular weight excluding hydrogens is 300 g/mol. The third-order valence-electron chi connectivity index (χ3n) is 4.22. The van der Waals surface area contributed by atoms with Crippen molar-refractivity contribution in [2.45, 2.75) is 103 Å². The van der Waals surface area contributed by atoms with E-state index in [4.69, 9.17) is 9.47 Å². The van der Waals surface area contributed by atoms with Crippen molar-refractivity contribution in [1.82, 2.24) is 0 Å². The average molecular weight is 339 g/mol. The molecule has 1 saturated heterocycles. The Balaban J connectivity index is 2.25. The Labute approximate surface area is 145 Å². The molecule has 3 atom stereocenters. The van der Waals surface area contributed by atoms with Crippen LogP contribution in [0.25, 0.3) is 0 Å². The average Bonchev–Trinajstić information content (AvgIpc) is 2.76. The topological polar surface area (TPSA) is 18.5 Å². The smallest absolute Gasteiger partial charge is 0.177 e. The van der Waals surface area contributed by atoms with Gasteiger partial charge in [-0.25, -0.2) is 0 Å². The van der Waals surface area contributed by atoms with Crippen LogP contribution in [0, 0.1) is 0 Å². The summed E-state index contributed by atoms with van der Waals surface area (Å²) in [7, 11) is -1.08. The highest BCUT2D eigenvalue weighted by Crippen LogP contribution is 2.27. The summed E-state index contributed by atoms with van der Waals surface area (Å²) in [5.41, 5.74) is 1.32. The molecule has 0 aromatic rings. The summed E-state index contributed by atoms with van der Waals surface area (Å²) in [5, 5.41) is 0. The predicted molar refractivity (Wildman–Crippen MR) is 104 cm³/mol. The molecular formula is C20H38O2Si. The molecule has 1 unspecified atom stereocenters. The van der Waals surface area contributed by atoms with Crippen LogP contribution in [0.2, 0.25) is 25.7 Å². The van der Waals surface area contributed by atoms with Crippen molar-refractivity contribution >= 4 is 8.07 Å². The van der Waals surface area contributed by atoms with Crippen LogP contribution in [0.1, 0.15) is 58.8 Å². The first-order valence-corrected chi connectivity index (χ1v) is 13.2. The van der Waals surface area contributed by atoms with Gasteiger partial charge in [-0.05, 0) is 38.3 Å². The molecule has 0 aromatic carbocycles. The van der Waals surface area contributed by atoms with E-state index in [1.165, 1.54) is 43.7 Å². The number of rotatable bonds is 11. The van der Waals surface area contributed by atoms with Crippen molar-refractivity contribution in [2.75, 3.05) is 0 Å². The highest BCUT2D eigenvalue weighted by Gasteiger charge is 2.32. The Kier molecular flexibility index (Phi) is 9.41. The summed E-state index contributed by atoms with van der Waals surface area (Å²) in [6.45, 7) is 15.8. The van der Waals surface area contributed by atoms with Gasteiger partial charge in [0.25, 0.3) is 0 Å². The molecule has 0 aliphatic carbocycles. The first kappa shape index (κ1) is 20.7. The second-order valence-corrected chi connectivity index (χ2v) is 13.7. The molecule has 3 heteroatoms. The molecule has 1 aliphatic rings. The summed E-state index contributed by atoms with van der Waals surface area (Å²) in [6.07, 6.45) is 13.2. The third-order valence-corrected chi connectivity index (χ3v) is 5.78. The third kappa shape index (κ3) is 9.48. The Morgan fingerprint density at radius 2 is 1.78 bits per heavy atom. The number of unbranched alkanes of at least 4 members (excludes halogenated alkanes) is 5. The van der Waals surface area contributed by atoms with Gasteiger partial charge in [-0.1, -0.05) is 63.9 Å². The quantitative estimate of drug-likeness (QED) is 0.249. The van der Waals surface area contributed by atoms with Crippen LogP contribution in [0.5, 0.6) is 0 Å². The zero-order valence-corrected chi connectivity index (χ0v) is 17.1. The summed E-state index contributed by atoms with van der Waals surface area (Å²) >= 11 is 0. The molecule has 23 heavy (non-hydrogen) atoms. The SMILES string of the molecule is C=C(C[C@@H]1OC(/C=C/CCCCCCC)O[C@H]1C)C[Si](C)(C)C. The van der Waals surface area contributed by atoms with Crippen LogP contribution >= 0.6 is 0 Å². The molecule has 1 aliphatic heterocycles. The van der Waals surface area contributed by atoms with Gasteiger partial charge in [0.1, 0.15) is 0 Å². The molecule has 0 N–H and O–H groups in total. The fourth-order valence-electron chi connectivity index (χ4n) is 3.10.